The Bertz CT molecular complexity index is 1430. The minimum Gasteiger partial charge on any atom is -0.341 e. The first-order chi connectivity index (χ1) is 17.0. The van der Waals surface area contributed by atoms with Gasteiger partial charge in [-0.25, -0.2) is 4.39 Å². The fourth-order valence-corrected chi connectivity index (χ4v) is 4.63. The van der Waals surface area contributed by atoms with Crippen LogP contribution in [-0.2, 0) is 0 Å². The molecule has 2 heterocycles. The lowest BCUT2D eigenvalue weighted by Gasteiger charge is -2.28. The van der Waals surface area contributed by atoms with Gasteiger partial charge in [-0.15, -0.1) is 0 Å². The van der Waals surface area contributed by atoms with E-state index in [0.717, 1.165) is 22.5 Å². The van der Waals surface area contributed by atoms with Gasteiger partial charge in [-0.3, -0.25) is 9.98 Å². The minimum absolute atomic E-state index is 0.131. The highest BCUT2D eigenvalue weighted by Gasteiger charge is 2.26. The number of nitrogens with zero attached hydrogens (tertiary/aromatic N) is 2. The fraction of sp³-hybridized carbons (Fsp3) is 0.172. The summed E-state index contributed by atoms with van der Waals surface area (Å²) in [6.45, 7) is 4.79. The molecule has 35 heavy (non-hydrogen) atoms. The van der Waals surface area contributed by atoms with E-state index in [1.54, 1.807) is 12.3 Å². The number of rotatable bonds is 6. The Hall–Kier alpha value is -3.54. The van der Waals surface area contributed by atoms with Crippen LogP contribution in [-0.4, -0.2) is 17.4 Å². The lowest BCUT2D eigenvalue weighted by atomic mass is 9.96. The minimum atomic E-state index is -0.366. The first-order valence-electron chi connectivity index (χ1n) is 11.6. The van der Waals surface area contributed by atoms with Crippen LogP contribution in [0.2, 0.25) is 5.02 Å². The van der Waals surface area contributed by atoms with Crippen molar-refractivity contribution < 1.29 is 4.39 Å². The number of aromatic nitrogens is 1. The number of amidine groups is 1. The van der Waals surface area contributed by atoms with Crippen molar-refractivity contribution in [3.05, 3.63) is 124 Å². The summed E-state index contributed by atoms with van der Waals surface area (Å²) in [6.07, 6.45) is 1.74. The second-order valence-corrected chi connectivity index (χ2v) is 9.16. The number of hydrogen-bond acceptors (Lipinski definition) is 4. The van der Waals surface area contributed by atoms with E-state index in [2.05, 4.69) is 65.0 Å². The topological polar surface area (TPSA) is 49.3 Å². The molecule has 4 aromatic rings. The Morgan fingerprint density at radius 2 is 1.80 bits per heavy atom. The number of pyridine rings is 1. The molecule has 0 saturated heterocycles. The van der Waals surface area contributed by atoms with E-state index in [1.165, 1.54) is 28.5 Å². The van der Waals surface area contributed by atoms with Crippen LogP contribution in [0.15, 0.2) is 101 Å². The maximum absolute atomic E-state index is 13.7. The summed E-state index contributed by atoms with van der Waals surface area (Å²) in [5, 5.41) is 9.93. The summed E-state index contributed by atoms with van der Waals surface area (Å²) in [7, 11) is 0. The van der Waals surface area contributed by atoms with Gasteiger partial charge in [0, 0.05) is 29.5 Å². The molecular formula is C29H26ClFN4. The van der Waals surface area contributed by atoms with Crippen LogP contribution in [0.4, 0.5) is 4.39 Å². The zero-order valence-corrected chi connectivity index (χ0v) is 20.4. The lowest BCUT2D eigenvalue weighted by molar-refractivity contribution is 0.590. The average Bonchev–Trinajstić information content (AvgIpc) is 2.88. The first-order valence-corrected chi connectivity index (χ1v) is 12.0. The predicted molar refractivity (Wildman–Crippen MR) is 141 cm³/mol. The normalized spacial score (nSPS) is 16.7. The summed E-state index contributed by atoms with van der Waals surface area (Å²) in [5.41, 5.74) is 4.74. The lowest BCUT2D eigenvalue weighted by Crippen LogP contribution is -2.36. The molecule has 0 spiro atoms. The standard InChI is InChI=1S/C29H26ClFN4/c1-18-27(17-33-19(2)21-11-10-20-7-3-4-8-22(20)15-21)34-29(26-9-5-6-14-32-26)35-28(18)24-13-12-23(31)16-25(24)30/h3-16,19,28,33H,17H2,1-2H3,(H,34,35)/t19-,28?/m0/s1. The summed E-state index contributed by atoms with van der Waals surface area (Å²) >= 11 is 6.44. The van der Waals surface area contributed by atoms with Crippen molar-refractivity contribution in [2.75, 3.05) is 6.54 Å². The molecule has 0 amide bonds. The SMILES string of the molecule is CC1=C(CN[C@@H](C)c2ccc3ccccc3c2)NC(c2ccccn2)=NC1c1ccc(F)cc1Cl. The van der Waals surface area contributed by atoms with Crippen LogP contribution in [0.3, 0.4) is 0 Å². The van der Waals surface area contributed by atoms with E-state index in [-0.39, 0.29) is 17.9 Å². The zero-order chi connectivity index (χ0) is 24.4. The van der Waals surface area contributed by atoms with Crippen LogP contribution in [0.1, 0.15) is 42.8 Å². The van der Waals surface area contributed by atoms with Crippen molar-refractivity contribution in [1.82, 2.24) is 15.6 Å². The third kappa shape index (κ3) is 4.97. The fourth-order valence-electron chi connectivity index (χ4n) is 4.36. The van der Waals surface area contributed by atoms with Gasteiger partial charge in [-0.1, -0.05) is 60.1 Å². The van der Waals surface area contributed by atoms with Gasteiger partial charge < -0.3 is 10.6 Å². The van der Waals surface area contributed by atoms with Crippen LogP contribution in [0.5, 0.6) is 0 Å². The van der Waals surface area contributed by atoms with Crippen LogP contribution < -0.4 is 10.6 Å². The molecule has 0 radical (unpaired) electrons. The highest BCUT2D eigenvalue weighted by molar-refractivity contribution is 6.31. The van der Waals surface area contributed by atoms with Gasteiger partial charge in [0.15, 0.2) is 5.84 Å². The van der Waals surface area contributed by atoms with Gasteiger partial charge in [0.1, 0.15) is 17.6 Å². The van der Waals surface area contributed by atoms with E-state index in [9.17, 15) is 4.39 Å². The molecule has 5 rings (SSSR count). The van der Waals surface area contributed by atoms with Gasteiger partial charge >= 0.3 is 0 Å². The maximum atomic E-state index is 13.7. The summed E-state index contributed by atoms with van der Waals surface area (Å²) < 4.78 is 13.7. The third-order valence-electron chi connectivity index (χ3n) is 6.44. The monoisotopic (exact) mass is 484 g/mol. The van der Waals surface area contributed by atoms with Crippen molar-refractivity contribution in [2.24, 2.45) is 4.99 Å². The molecule has 1 aliphatic heterocycles. The molecule has 2 N–H and O–H groups in total. The molecule has 0 fully saturated rings. The van der Waals surface area contributed by atoms with Crippen molar-refractivity contribution in [2.45, 2.75) is 25.9 Å². The average molecular weight is 485 g/mol. The summed E-state index contributed by atoms with van der Waals surface area (Å²) in [6, 6.07) is 24.9. The first kappa shape index (κ1) is 23.2. The zero-order valence-electron chi connectivity index (χ0n) is 19.6. The Balaban J connectivity index is 1.44. The van der Waals surface area contributed by atoms with Crippen LogP contribution in [0, 0.1) is 5.82 Å². The van der Waals surface area contributed by atoms with Gasteiger partial charge in [0.05, 0.1) is 0 Å². The molecule has 6 heteroatoms. The Morgan fingerprint density at radius 1 is 1.00 bits per heavy atom. The van der Waals surface area contributed by atoms with Gasteiger partial charge in [0.2, 0.25) is 0 Å². The van der Waals surface area contributed by atoms with E-state index in [4.69, 9.17) is 16.6 Å². The van der Waals surface area contributed by atoms with Crippen molar-refractivity contribution >= 4 is 28.2 Å². The third-order valence-corrected chi connectivity index (χ3v) is 6.76. The Labute approximate surface area is 209 Å². The van der Waals surface area contributed by atoms with E-state index < -0.39 is 0 Å². The number of halogens is 2. The largest absolute Gasteiger partial charge is 0.341 e. The molecule has 1 aliphatic rings. The molecule has 0 aliphatic carbocycles. The van der Waals surface area contributed by atoms with Gasteiger partial charge in [0.25, 0.3) is 0 Å². The quantitative estimate of drug-likeness (QED) is 0.318. The second kappa shape index (κ2) is 9.98. The molecule has 2 atom stereocenters. The summed E-state index contributed by atoms with van der Waals surface area (Å²) in [4.78, 5) is 9.38. The highest BCUT2D eigenvalue weighted by atomic mass is 35.5. The van der Waals surface area contributed by atoms with Crippen molar-refractivity contribution in [1.29, 1.82) is 0 Å². The van der Waals surface area contributed by atoms with Crippen molar-refractivity contribution in [3.8, 4) is 0 Å². The number of aliphatic imine (C=N–C) groups is 1. The van der Waals surface area contributed by atoms with Gasteiger partial charge in [-0.05, 0) is 71.7 Å². The Morgan fingerprint density at radius 3 is 2.57 bits per heavy atom. The molecule has 1 aromatic heterocycles. The van der Waals surface area contributed by atoms with Crippen molar-refractivity contribution in [3.63, 3.8) is 0 Å². The van der Waals surface area contributed by atoms with Crippen LogP contribution >= 0.6 is 11.6 Å². The molecule has 0 saturated carbocycles. The molecule has 0 bridgehead atoms. The number of hydrogen-bond donors (Lipinski definition) is 2. The van der Waals surface area contributed by atoms with Crippen LogP contribution in [0.25, 0.3) is 10.8 Å². The maximum Gasteiger partial charge on any atom is 0.152 e. The molecule has 1 unspecified atom stereocenters. The summed E-state index contributed by atoms with van der Waals surface area (Å²) in [5.74, 6) is 0.297. The Kier molecular flexibility index (Phi) is 6.62. The molecular weight excluding hydrogens is 459 g/mol. The smallest absolute Gasteiger partial charge is 0.152 e. The van der Waals surface area contributed by atoms with E-state index in [1.807, 2.05) is 25.1 Å². The molecule has 3 aromatic carbocycles. The number of benzene rings is 3. The predicted octanol–water partition coefficient (Wildman–Crippen LogP) is 6.74. The highest BCUT2D eigenvalue weighted by Crippen LogP contribution is 2.35. The molecule has 176 valence electrons. The molecule has 4 nitrogen and oxygen atoms in total. The van der Waals surface area contributed by atoms with E-state index in [0.29, 0.717) is 17.4 Å². The van der Waals surface area contributed by atoms with E-state index >= 15 is 0 Å². The second-order valence-electron chi connectivity index (χ2n) is 8.76. The van der Waals surface area contributed by atoms with Gasteiger partial charge in [-0.2, -0.15) is 0 Å². The number of fused-ring (bicyclic) bond motifs is 1. The number of nitrogens with one attached hydrogen (secondary N) is 2.